The van der Waals surface area contributed by atoms with E-state index in [4.69, 9.17) is 5.73 Å². The summed E-state index contributed by atoms with van der Waals surface area (Å²) in [5.41, 5.74) is 6.53. The van der Waals surface area contributed by atoms with Crippen molar-refractivity contribution in [2.75, 3.05) is 0 Å². The molecule has 1 unspecified atom stereocenters. The molecule has 13 heavy (non-hydrogen) atoms. The van der Waals surface area contributed by atoms with Gasteiger partial charge < -0.3 is 5.73 Å². The largest absolute Gasteiger partial charge is 0.321 e. The molecule has 0 bridgehead atoms. The second kappa shape index (κ2) is 5.18. The van der Waals surface area contributed by atoms with Crippen molar-refractivity contribution in [1.29, 1.82) is 0 Å². The van der Waals surface area contributed by atoms with Crippen molar-refractivity contribution in [2.24, 2.45) is 5.73 Å². The lowest BCUT2D eigenvalue weighted by molar-refractivity contribution is -0.116. The van der Waals surface area contributed by atoms with Crippen molar-refractivity contribution in [3.05, 3.63) is 11.6 Å². The van der Waals surface area contributed by atoms with Crippen LogP contribution in [0.25, 0.3) is 0 Å². The fourth-order valence-corrected chi connectivity index (χ4v) is 1.71. The number of carbonyl (C=O) groups is 1. The Morgan fingerprint density at radius 3 is 2.77 bits per heavy atom. The summed E-state index contributed by atoms with van der Waals surface area (Å²) < 4.78 is 0. The molecule has 0 saturated heterocycles. The van der Waals surface area contributed by atoms with Crippen LogP contribution in [-0.2, 0) is 4.79 Å². The first-order chi connectivity index (χ1) is 6.22. The molecule has 1 rings (SSSR count). The van der Waals surface area contributed by atoms with Crippen molar-refractivity contribution < 1.29 is 4.79 Å². The zero-order valence-electron chi connectivity index (χ0n) is 8.38. The molecule has 0 fully saturated rings. The minimum atomic E-state index is -0.328. The predicted molar refractivity (Wildman–Crippen MR) is 54.4 cm³/mol. The molecule has 2 nitrogen and oxygen atoms in total. The van der Waals surface area contributed by atoms with Crippen LogP contribution in [0.3, 0.4) is 0 Å². The van der Waals surface area contributed by atoms with Gasteiger partial charge in [0.25, 0.3) is 0 Å². The van der Waals surface area contributed by atoms with E-state index in [1.165, 1.54) is 19.3 Å². The zero-order valence-corrected chi connectivity index (χ0v) is 8.38. The topological polar surface area (TPSA) is 43.1 Å². The van der Waals surface area contributed by atoms with Crippen LogP contribution in [0.4, 0.5) is 0 Å². The first-order valence-electron chi connectivity index (χ1n) is 5.20. The summed E-state index contributed by atoms with van der Waals surface area (Å²) in [6, 6.07) is -0.328. The van der Waals surface area contributed by atoms with Crippen LogP contribution in [0.2, 0.25) is 0 Å². The molecule has 0 radical (unpaired) electrons. The molecule has 0 aromatic heterocycles. The third kappa shape index (κ3) is 3.31. The van der Waals surface area contributed by atoms with Crippen molar-refractivity contribution >= 4 is 5.78 Å². The highest BCUT2D eigenvalue weighted by Gasteiger charge is 2.14. The summed E-state index contributed by atoms with van der Waals surface area (Å²) in [6.45, 7) is 1.77. The first kappa shape index (κ1) is 10.5. The number of Topliss-reactive ketones (excluding diaryl/α,β-unsaturated/α-hetero) is 1. The summed E-state index contributed by atoms with van der Waals surface area (Å²) >= 11 is 0. The van der Waals surface area contributed by atoms with E-state index in [1.807, 2.05) is 0 Å². The molecule has 0 saturated carbocycles. The third-order valence-electron chi connectivity index (χ3n) is 2.52. The average molecular weight is 181 g/mol. The Morgan fingerprint density at radius 2 is 2.08 bits per heavy atom. The predicted octanol–water partition coefficient (Wildman–Crippen LogP) is 2.18. The Kier molecular flexibility index (Phi) is 4.16. The SMILES string of the molecule is CC(N)C(=O)C1=CCCCCCC1. The fraction of sp³-hybridized carbons (Fsp3) is 0.727. The van der Waals surface area contributed by atoms with E-state index in [1.54, 1.807) is 6.92 Å². The normalized spacial score (nSPS) is 21.2. The van der Waals surface area contributed by atoms with Gasteiger partial charge in [-0.05, 0) is 38.2 Å². The van der Waals surface area contributed by atoms with E-state index >= 15 is 0 Å². The number of rotatable bonds is 2. The van der Waals surface area contributed by atoms with Crippen molar-refractivity contribution in [1.82, 2.24) is 0 Å². The molecular formula is C11H19NO. The summed E-state index contributed by atoms with van der Waals surface area (Å²) in [5, 5.41) is 0. The van der Waals surface area contributed by atoms with Gasteiger partial charge in [0.15, 0.2) is 5.78 Å². The van der Waals surface area contributed by atoms with E-state index in [2.05, 4.69) is 6.08 Å². The van der Waals surface area contributed by atoms with Gasteiger partial charge in [0.1, 0.15) is 0 Å². The van der Waals surface area contributed by atoms with Gasteiger partial charge in [-0.25, -0.2) is 0 Å². The van der Waals surface area contributed by atoms with E-state index in [0.717, 1.165) is 24.8 Å². The highest BCUT2D eigenvalue weighted by atomic mass is 16.1. The van der Waals surface area contributed by atoms with Crippen LogP contribution in [0.5, 0.6) is 0 Å². The Balaban J connectivity index is 2.59. The molecule has 1 aliphatic carbocycles. The smallest absolute Gasteiger partial charge is 0.174 e. The quantitative estimate of drug-likeness (QED) is 0.709. The van der Waals surface area contributed by atoms with Crippen LogP contribution >= 0.6 is 0 Å². The lowest BCUT2D eigenvalue weighted by Gasteiger charge is -2.12. The molecule has 0 aromatic carbocycles. The molecule has 1 aliphatic rings. The molecule has 1 atom stereocenters. The molecule has 2 heteroatoms. The summed E-state index contributed by atoms with van der Waals surface area (Å²) in [4.78, 5) is 11.6. The number of hydrogen-bond acceptors (Lipinski definition) is 2. The van der Waals surface area contributed by atoms with Crippen LogP contribution < -0.4 is 5.73 Å². The standard InChI is InChI=1S/C11H19NO/c1-9(12)11(13)10-7-5-3-2-4-6-8-10/h7,9H,2-6,8,12H2,1H3. The van der Waals surface area contributed by atoms with Gasteiger partial charge in [-0.3, -0.25) is 4.79 Å². The van der Waals surface area contributed by atoms with Gasteiger partial charge in [-0.1, -0.05) is 18.9 Å². The maximum atomic E-state index is 11.6. The molecule has 0 spiro atoms. The van der Waals surface area contributed by atoms with Gasteiger partial charge in [0.05, 0.1) is 6.04 Å². The Bertz CT molecular complexity index is 206. The Labute approximate surface area is 80.2 Å². The van der Waals surface area contributed by atoms with Crippen LogP contribution in [-0.4, -0.2) is 11.8 Å². The van der Waals surface area contributed by atoms with Gasteiger partial charge in [0, 0.05) is 0 Å². The number of hydrogen-bond donors (Lipinski definition) is 1. The number of ketones is 1. The van der Waals surface area contributed by atoms with Gasteiger partial charge in [-0.2, -0.15) is 0 Å². The monoisotopic (exact) mass is 181 g/mol. The fourth-order valence-electron chi connectivity index (χ4n) is 1.71. The van der Waals surface area contributed by atoms with Gasteiger partial charge in [-0.15, -0.1) is 0 Å². The molecule has 0 aromatic rings. The van der Waals surface area contributed by atoms with Crippen LogP contribution in [0, 0.1) is 0 Å². The third-order valence-corrected chi connectivity index (χ3v) is 2.52. The highest BCUT2D eigenvalue weighted by Crippen LogP contribution is 2.18. The maximum absolute atomic E-state index is 11.6. The van der Waals surface area contributed by atoms with Gasteiger partial charge in [0.2, 0.25) is 0 Å². The lowest BCUT2D eigenvalue weighted by atomic mass is 9.95. The minimum absolute atomic E-state index is 0.141. The number of allylic oxidation sites excluding steroid dienone is 1. The number of carbonyl (C=O) groups excluding carboxylic acids is 1. The molecular weight excluding hydrogens is 162 g/mol. The van der Waals surface area contributed by atoms with E-state index < -0.39 is 0 Å². The zero-order chi connectivity index (χ0) is 9.68. The molecule has 0 heterocycles. The summed E-state index contributed by atoms with van der Waals surface area (Å²) in [5.74, 6) is 0.141. The highest BCUT2D eigenvalue weighted by molar-refractivity contribution is 5.98. The first-order valence-corrected chi connectivity index (χ1v) is 5.20. The van der Waals surface area contributed by atoms with E-state index in [9.17, 15) is 4.79 Å². The maximum Gasteiger partial charge on any atom is 0.174 e. The second-order valence-corrected chi connectivity index (χ2v) is 3.84. The molecule has 2 N–H and O–H groups in total. The van der Waals surface area contributed by atoms with Gasteiger partial charge >= 0.3 is 0 Å². The lowest BCUT2D eigenvalue weighted by Crippen LogP contribution is -2.28. The molecule has 0 amide bonds. The minimum Gasteiger partial charge on any atom is -0.321 e. The van der Waals surface area contributed by atoms with Crippen molar-refractivity contribution in [2.45, 2.75) is 51.5 Å². The second-order valence-electron chi connectivity index (χ2n) is 3.84. The number of nitrogens with two attached hydrogens (primary N) is 1. The van der Waals surface area contributed by atoms with Crippen molar-refractivity contribution in [3.63, 3.8) is 0 Å². The van der Waals surface area contributed by atoms with E-state index in [0.29, 0.717) is 0 Å². The Hall–Kier alpha value is -0.630. The summed E-state index contributed by atoms with van der Waals surface area (Å²) in [7, 11) is 0. The van der Waals surface area contributed by atoms with E-state index in [-0.39, 0.29) is 11.8 Å². The molecule has 74 valence electrons. The van der Waals surface area contributed by atoms with Crippen LogP contribution in [0.15, 0.2) is 11.6 Å². The van der Waals surface area contributed by atoms with Crippen LogP contribution in [0.1, 0.15) is 45.4 Å². The summed E-state index contributed by atoms with van der Waals surface area (Å²) in [6.07, 6.45) is 8.98. The molecule has 0 aliphatic heterocycles. The Morgan fingerprint density at radius 1 is 1.38 bits per heavy atom. The average Bonchev–Trinajstić information content (AvgIpc) is 2.02. The van der Waals surface area contributed by atoms with Crippen molar-refractivity contribution in [3.8, 4) is 0 Å².